The van der Waals surface area contributed by atoms with Crippen LogP contribution in [0.3, 0.4) is 0 Å². The van der Waals surface area contributed by atoms with Gasteiger partial charge in [-0.25, -0.2) is 0 Å². The predicted molar refractivity (Wildman–Crippen MR) is 74.4 cm³/mol. The van der Waals surface area contributed by atoms with Gasteiger partial charge in [0.15, 0.2) is 0 Å². The zero-order valence-electron chi connectivity index (χ0n) is 10.4. The third-order valence-electron chi connectivity index (χ3n) is 3.44. The third-order valence-corrected chi connectivity index (χ3v) is 3.77. The van der Waals surface area contributed by atoms with Gasteiger partial charge in [-0.1, -0.05) is 12.2 Å². The molecule has 1 aromatic heterocycles. The second-order valence-electron chi connectivity index (χ2n) is 4.66. The molecule has 1 amide bonds. The van der Waals surface area contributed by atoms with Gasteiger partial charge in [0.2, 0.25) is 0 Å². The Kier molecular flexibility index (Phi) is 3.91. The van der Waals surface area contributed by atoms with Crippen molar-refractivity contribution in [2.45, 2.75) is 19.8 Å². The number of piperidine rings is 1. The summed E-state index contributed by atoms with van der Waals surface area (Å²) in [6.45, 7) is 3.35. The Bertz CT molecular complexity index is 467. The SMILES string of the molecule is Cc1cnccc1C(=O)N1CCC(C(N)=S)CC1. The van der Waals surface area contributed by atoms with Crippen molar-refractivity contribution < 1.29 is 4.79 Å². The van der Waals surface area contributed by atoms with Gasteiger partial charge in [0.1, 0.15) is 0 Å². The van der Waals surface area contributed by atoms with E-state index < -0.39 is 0 Å². The summed E-state index contributed by atoms with van der Waals surface area (Å²) >= 11 is 5.00. The largest absolute Gasteiger partial charge is 0.393 e. The summed E-state index contributed by atoms with van der Waals surface area (Å²) in [6, 6.07) is 1.78. The Morgan fingerprint density at radius 2 is 2.17 bits per heavy atom. The highest BCUT2D eigenvalue weighted by Gasteiger charge is 2.25. The van der Waals surface area contributed by atoms with Crippen molar-refractivity contribution >= 4 is 23.1 Å². The Balaban J connectivity index is 2.04. The number of aryl methyl sites for hydroxylation is 1. The molecular weight excluding hydrogens is 246 g/mol. The van der Waals surface area contributed by atoms with Crippen LogP contribution in [0.15, 0.2) is 18.5 Å². The van der Waals surface area contributed by atoms with Gasteiger partial charge in [-0.05, 0) is 31.4 Å². The third kappa shape index (κ3) is 2.67. The van der Waals surface area contributed by atoms with Gasteiger partial charge in [0, 0.05) is 37.0 Å². The van der Waals surface area contributed by atoms with Gasteiger partial charge < -0.3 is 10.6 Å². The molecule has 18 heavy (non-hydrogen) atoms. The van der Waals surface area contributed by atoms with Crippen LogP contribution in [0.2, 0.25) is 0 Å². The minimum absolute atomic E-state index is 0.0799. The van der Waals surface area contributed by atoms with Crippen LogP contribution in [-0.2, 0) is 0 Å². The van der Waals surface area contributed by atoms with Crippen molar-refractivity contribution in [1.82, 2.24) is 9.88 Å². The fraction of sp³-hybridized carbons (Fsp3) is 0.462. The quantitative estimate of drug-likeness (QED) is 0.822. The van der Waals surface area contributed by atoms with E-state index in [4.69, 9.17) is 18.0 Å². The number of carbonyl (C=O) groups excluding carboxylic acids is 1. The highest BCUT2D eigenvalue weighted by atomic mass is 32.1. The standard InChI is InChI=1S/C13H17N3OS/c1-9-8-15-5-2-11(9)13(17)16-6-3-10(4-7-16)12(14)18/h2,5,8,10H,3-4,6-7H2,1H3,(H2,14,18). The normalized spacial score (nSPS) is 16.6. The molecule has 0 saturated carbocycles. The number of rotatable bonds is 2. The maximum Gasteiger partial charge on any atom is 0.254 e. The minimum Gasteiger partial charge on any atom is -0.393 e. The molecule has 5 heteroatoms. The number of aromatic nitrogens is 1. The van der Waals surface area contributed by atoms with E-state index in [1.54, 1.807) is 18.5 Å². The van der Waals surface area contributed by atoms with Crippen molar-refractivity contribution in [2.24, 2.45) is 11.7 Å². The average molecular weight is 263 g/mol. The van der Waals surface area contributed by atoms with Gasteiger partial charge in [0.05, 0.1) is 4.99 Å². The van der Waals surface area contributed by atoms with E-state index in [9.17, 15) is 4.79 Å². The van der Waals surface area contributed by atoms with Crippen molar-refractivity contribution in [3.05, 3.63) is 29.6 Å². The molecule has 0 bridgehead atoms. The summed E-state index contributed by atoms with van der Waals surface area (Å²) in [4.78, 5) is 18.8. The second-order valence-corrected chi connectivity index (χ2v) is 5.13. The van der Waals surface area contributed by atoms with Crippen LogP contribution in [-0.4, -0.2) is 33.9 Å². The molecule has 0 unspecified atom stereocenters. The van der Waals surface area contributed by atoms with Gasteiger partial charge in [-0.15, -0.1) is 0 Å². The van der Waals surface area contributed by atoms with Crippen molar-refractivity contribution in [3.8, 4) is 0 Å². The zero-order valence-corrected chi connectivity index (χ0v) is 11.2. The van der Waals surface area contributed by atoms with Gasteiger partial charge in [0.25, 0.3) is 5.91 Å². The van der Waals surface area contributed by atoms with Crippen LogP contribution in [0.5, 0.6) is 0 Å². The first-order chi connectivity index (χ1) is 8.59. The summed E-state index contributed by atoms with van der Waals surface area (Å²) in [6.07, 6.45) is 5.10. The van der Waals surface area contributed by atoms with E-state index in [0.717, 1.165) is 37.1 Å². The number of hydrogen-bond donors (Lipinski definition) is 1. The predicted octanol–water partition coefficient (Wildman–Crippen LogP) is 1.53. The lowest BCUT2D eigenvalue weighted by Crippen LogP contribution is -2.41. The first-order valence-corrected chi connectivity index (χ1v) is 6.49. The summed E-state index contributed by atoms with van der Waals surface area (Å²) in [5.74, 6) is 0.360. The van der Waals surface area contributed by atoms with E-state index >= 15 is 0 Å². The number of nitrogens with zero attached hydrogens (tertiary/aromatic N) is 2. The summed E-state index contributed by atoms with van der Waals surface area (Å²) < 4.78 is 0. The first kappa shape index (κ1) is 13.0. The molecule has 96 valence electrons. The molecule has 2 N–H and O–H groups in total. The number of nitrogens with two attached hydrogens (primary N) is 1. The fourth-order valence-corrected chi connectivity index (χ4v) is 2.49. The molecule has 0 spiro atoms. The zero-order chi connectivity index (χ0) is 13.1. The van der Waals surface area contributed by atoms with Gasteiger partial charge >= 0.3 is 0 Å². The first-order valence-electron chi connectivity index (χ1n) is 6.09. The molecule has 1 saturated heterocycles. The molecular formula is C13H17N3OS. The summed E-state index contributed by atoms with van der Waals surface area (Å²) in [5, 5.41) is 0. The Hall–Kier alpha value is -1.49. The smallest absolute Gasteiger partial charge is 0.254 e. The fourth-order valence-electron chi connectivity index (χ4n) is 2.25. The van der Waals surface area contributed by atoms with Crippen LogP contribution in [0.25, 0.3) is 0 Å². The maximum absolute atomic E-state index is 12.3. The molecule has 1 aliphatic heterocycles. The number of amides is 1. The molecule has 0 aliphatic carbocycles. The Morgan fingerprint density at radius 3 is 2.72 bits per heavy atom. The average Bonchev–Trinajstić information content (AvgIpc) is 2.38. The lowest BCUT2D eigenvalue weighted by molar-refractivity contribution is 0.0709. The van der Waals surface area contributed by atoms with Crippen LogP contribution in [0, 0.1) is 12.8 Å². The monoisotopic (exact) mass is 263 g/mol. The summed E-state index contributed by atoms with van der Waals surface area (Å²) in [7, 11) is 0. The number of hydrogen-bond acceptors (Lipinski definition) is 3. The molecule has 0 aromatic carbocycles. The van der Waals surface area contributed by atoms with Crippen LogP contribution >= 0.6 is 12.2 Å². The van der Waals surface area contributed by atoms with Crippen molar-refractivity contribution in [3.63, 3.8) is 0 Å². The van der Waals surface area contributed by atoms with Crippen LogP contribution in [0.1, 0.15) is 28.8 Å². The minimum atomic E-state index is 0.0799. The highest BCUT2D eigenvalue weighted by molar-refractivity contribution is 7.80. The molecule has 1 aliphatic rings. The lowest BCUT2D eigenvalue weighted by Gasteiger charge is -2.31. The van der Waals surface area contributed by atoms with E-state index in [2.05, 4.69) is 4.98 Å². The van der Waals surface area contributed by atoms with E-state index in [0.29, 0.717) is 4.99 Å². The highest BCUT2D eigenvalue weighted by Crippen LogP contribution is 2.20. The van der Waals surface area contributed by atoms with Crippen molar-refractivity contribution in [2.75, 3.05) is 13.1 Å². The lowest BCUT2D eigenvalue weighted by atomic mass is 9.96. The van der Waals surface area contributed by atoms with E-state index in [-0.39, 0.29) is 11.8 Å². The van der Waals surface area contributed by atoms with Crippen LogP contribution in [0.4, 0.5) is 0 Å². The molecule has 4 nitrogen and oxygen atoms in total. The molecule has 1 fully saturated rings. The number of carbonyl (C=O) groups is 1. The Morgan fingerprint density at radius 1 is 1.50 bits per heavy atom. The molecule has 2 heterocycles. The van der Waals surface area contributed by atoms with E-state index in [1.807, 2.05) is 11.8 Å². The Labute approximate surface area is 112 Å². The van der Waals surface area contributed by atoms with Crippen LogP contribution < -0.4 is 5.73 Å². The second kappa shape index (κ2) is 5.44. The molecule has 0 atom stereocenters. The van der Waals surface area contributed by atoms with Gasteiger partial charge in [-0.3, -0.25) is 9.78 Å². The van der Waals surface area contributed by atoms with Gasteiger partial charge in [-0.2, -0.15) is 0 Å². The van der Waals surface area contributed by atoms with E-state index in [1.165, 1.54) is 0 Å². The topological polar surface area (TPSA) is 59.2 Å². The number of pyridine rings is 1. The summed E-state index contributed by atoms with van der Waals surface area (Å²) in [5.41, 5.74) is 7.29. The number of thiocarbonyl (C=S) groups is 1. The molecule has 1 aromatic rings. The molecule has 2 rings (SSSR count). The van der Waals surface area contributed by atoms with Crippen molar-refractivity contribution in [1.29, 1.82) is 0 Å². The molecule has 0 radical (unpaired) electrons. The maximum atomic E-state index is 12.3. The number of likely N-dealkylation sites (tertiary alicyclic amines) is 1.